The maximum absolute atomic E-state index is 11.6. The van der Waals surface area contributed by atoms with Crippen LogP contribution in [0.4, 0.5) is 0 Å². The minimum atomic E-state index is -0.884. The molecule has 1 N–H and O–H groups in total. The lowest BCUT2D eigenvalue weighted by Crippen LogP contribution is -2.50. The Morgan fingerprint density at radius 1 is 1.22 bits per heavy atom. The second-order valence-corrected chi connectivity index (χ2v) is 4.76. The highest BCUT2D eigenvalue weighted by Crippen LogP contribution is 2.09. The minimum Gasteiger partial charge on any atom is -0.384 e. The van der Waals surface area contributed by atoms with Crippen LogP contribution in [0.2, 0.25) is 0 Å². The van der Waals surface area contributed by atoms with Crippen LogP contribution in [0.15, 0.2) is 30.3 Å². The molecule has 1 fully saturated rings. The summed E-state index contributed by atoms with van der Waals surface area (Å²) in [6.45, 7) is 5.60. The Kier molecular flexibility index (Phi) is 4.33. The fourth-order valence-electron chi connectivity index (χ4n) is 2.23. The largest absolute Gasteiger partial charge is 0.384 e. The zero-order valence-electron chi connectivity index (χ0n) is 10.7. The summed E-state index contributed by atoms with van der Waals surface area (Å²) >= 11 is 0. The van der Waals surface area contributed by atoms with Crippen LogP contribution in [0, 0.1) is 0 Å². The van der Waals surface area contributed by atoms with Gasteiger partial charge in [0.15, 0.2) is 0 Å². The lowest BCUT2D eigenvalue weighted by atomic mass is 10.2. The zero-order valence-corrected chi connectivity index (χ0v) is 10.7. The molecule has 1 amide bonds. The van der Waals surface area contributed by atoms with E-state index in [0.29, 0.717) is 13.1 Å². The number of carbonyl (C=O) groups excluding carboxylic acids is 1. The summed E-state index contributed by atoms with van der Waals surface area (Å²) in [4.78, 5) is 15.7. The number of aliphatic hydroxyl groups is 1. The molecule has 0 unspecified atom stereocenters. The molecule has 0 saturated carbocycles. The van der Waals surface area contributed by atoms with Gasteiger partial charge in [-0.1, -0.05) is 30.3 Å². The van der Waals surface area contributed by atoms with E-state index in [4.69, 9.17) is 0 Å². The molecule has 1 aromatic rings. The molecular formula is C14H20N2O2. The molecule has 1 heterocycles. The van der Waals surface area contributed by atoms with Crippen molar-refractivity contribution in [3.8, 4) is 0 Å². The summed E-state index contributed by atoms with van der Waals surface area (Å²) in [5.74, 6) is -0.158. The first-order valence-corrected chi connectivity index (χ1v) is 6.40. The fourth-order valence-corrected chi connectivity index (χ4v) is 2.23. The van der Waals surface area contributed by atoms with Gasteiger partial charge in [-0.05, 0) is 12.5 Å². The predicted octanol–water partition coefficient (Wildman–Crippen LogP) is 0.712. The molecule has 4 nitrogen and oxygen atoms in total. The van der Waals surface area contributed by atoms with Crippen molar-refractivity contribution in [2.24, 2.45) is 0 Å². The number of hydrogen-bond acceptors (Lipinski definition) is 3. The Bertz CT molecular complexity index is 384. The molecule has 1 saturated heterocycles. The van der Waals surface area contributed by atoms with Crippen molar-refractivity contribution in [3.63, 3.8) is 0 Å². The first-order valence-electron chi connectivity index (χ1n) is 6.40. The van der Waals surface area contributed by atoms with Crippen molar-refractivity contribution in [1.82, 2.24) is 9.80 Å². The molecule has 0 bridgehead atoms. The molecule has 0 spiro atoms. The molecule has 0 radical (unpaired) electrons. The Labute approximate surface area is 108 Å². The molecule has 0 aliphatic carbocycles. The molecule has 1 aliphatic heterocycles. The maximum atomic E-state index is 11.6. The maximum Gasteiger partial charge on any atom is 0.251 e. The lowest BCUT2D eigenvalue weighted by molar-refractivity contribution is -0.141. The molecule has 18 heavy (non-hydrogen) atoms. The van der Waals surface area contributed by atoms with Crippen molar-refractivity contribution in [2.45, 2.75) is 19.6 Å². The highest BCUT2D eigenvalue weighted by molar-refractivity contribution is 5.80. The van der Waals surface area contributed by atoms with Crippen molar-refractivity contribution in [1.29, 1.82) is 0 Å². The van der Waals surface area contributed by atoms with Gasteiger partial charge in [-0.3, -0.25) is 9.69 Å². The normalized spacial score (nSPS) is 18.7. The first-order chi connectivity index (χ1) is 8.66. The molecule has 0 aromatic heterocycles. The van der Waals surface area contributed by atoms with Crippen LogP contribution in [0.25, 0.3) is 0 Å². The van der Waals surface area contributed by atoms with Gasteiger partial charge >= 0.3 is 0 Å². The molecule has 1 atom stereocenters. The predicted molar refractivity (Wildman–Crippen MR) is 70.0 cm³/mol. The number of amides is 1. The van der Waals surface area contributed by atoms with E-state index >= 15 is 0 Å². The van der Waals surface area contributed by atoms with Crippen LogP contribution in [0.3, 0.4) is 0 Å². The van der Waals surface area contributed by atoms with Crippen LogP contribution in [-0.2, 0) is 11.3 Å². The average Bonchev–Trinajstić information content (AvgIpc) is 2.40. The number of carbonyl (C=O) groups is 1. The van der Waals surface area contributed by atoms with Crippen LogP contribution < -0.4 is 0 Å². The van der Waals surface area contributed by atoms with Crippen LogP contribution >= 0.6 is 0 Å². The summed E-state index contributed by atoms with van der Waals surface area (Å²) in [5, 5.41) is 9.27. The average molecular weight is 248 g/mol. The monoisotopic (exact) mass is 248 g/mol. The number of benzene rings is 1. The SMILES string of the molecule is C[C@H](O)C(=O)N1CCN(Cc2ccccc2)CC1. The van der Waals surface area contributed by atoms with Gasteiger partial charge in [0, 0.05) is 32.7 Å². The molecule has 1 aliphatic rings. The number of aliphatic hydroxyl groups excluding tert-OH is 1. The Morgan fingerprint density at radius 3 is 2.39 bits per heavy atom. The first kappa shape index (κ1) is 13.1. The van der Waals surface area contributed by atoms with Gasteiger partial charge < -0.3 is 10.0 Å². The van der Waals surface area contributed by atoms with Gasteiger partial charge in [-0.2, -0.15) is 0 Å². The van der Waals surface area contributed by atoms with E-state index in [9.17, 15) is 9.90 Å². The van der Waals surface area contributed by atoms with Crippen LogP contribution in [0.1, 0.15) is 12.5 Å². The Morgan fingerprint density at radius 2 is 1.83 bits per heavy atom. The number of nitrogens with zero attached hydrogens (tertiary/aromatic N) is 2. The van der Waals surface area contributed by atoms with Crippen molar-refractivity contribution in [2.75, 3.05) is 26.2 Å². The topological polar surface area (TPSA) is 43.8 Å². The zero-order chi connectivity index (χ0) is 13.0. The summed E-state index contributed by atoms with van der Waals surface area (Å²) in [6.07, 6.45) is -0.884. The summed E-state index contributed by atoms with van der Waals surface area (Å²) in [7, 11) is 0. The van der Waals surface area contributed by atoms with E-state index < -0.39 is 6.10 Å². The third-order valence-corrected chi connectivity index (χ3v) is 3.29. The third-order valence-electron chi connectivity index (χ3n) is 3.29. The molecular weight excluding hydrogens is 228 g/mol. The van der Waals surface area contributed by atoms with Gasteiger partial charge in [0.05, 0.1) is 0 Å². The summed E-state index contributed by atoms with van der Waals surface area (Å²) in [5.41, 5.74) is 1.30. The van der Waals surface area contributed by atoms with Crippen molar-refractivity contribution in [3.05, 3.63) is 35.9 Å². The van der Waals surface area contributed by atoms with Gasteiger partial charge in [0.2, 0.25) is 0 Å². The summed E-state index contributed by atoms with van der Waals surface area (Å²) < 4.78 is 0. The lowest BCUT2D eigenvalue weighted by Gasteiger charge is -2.35. The van der Waals surface area contributed by atoms with E-state index in [0.717, 1.165) is 19.6 Å². The molecule has 2 rings (SSSR count). The van der Waals surface area contributed by atoms with Gasteiger partial charge in [0.1, 0.15) is 6.10 Å². The fraction of sp³-hybridized carbons (Fsp3) is 0.500. The second-order valence-electron chi connectivity index (χ2n) is 4.76. The van der Waals surface area contributed by atoms with E-state index in [1.54, 1.807) is 4.90 Å². The number of hydrogen-bond donors (Lipinski definition) is 1. The quantitative estimate of drug-likeness (QED) is 0.857. The molecule has 4 heteroatoms. The molecule has 98 valence electrons. The van der Waals surface area contributed by atoms with E-state index in [1.165, 1.54) is 12.5 Å². The van der Waals surface area contributed by atoms with Crippen molar-refractivity contribution < 1.29 is 9.90 Å². The van der Waals surface area contributed by atoms with Gasteiger partial charge in [-0.25, -0.2) is 0 Å². The standard InChI is InChI=1S/C14H20N2O2/c1-12(17)14(18)16-9-7-15(8-10-16)11-13-5-3-2-4-6-13/h2-6,12,17H,7-11H2,1H3/t12-/m0/s1. The molecule has 1 aromatic carbocycles. The van der Waals surface area contributed by atoms with Gasteiger partial charge in [-0.15, -0.1) is 0 Å². The Balaban J connectivity index is 1.82. The van der Waals surface area contributed by atoms with Crippen LogP contribution in [0.5, 0.6) is 0 Å². The third kappa shape index (κ3) is 3.31. The smallest absolute Gasteiger partial charge is 0.251 e. The van der Waals surface area contributed by atoms with Crippen molar-refractivity contribution >= 4 is 5.91 Å². The number of piperazine rings is 1. The Hall–Kier alpha value is -1.39. The van der Waals surface area contributed by atoms with E-state index in [2.05, 4.69) is 17.0 Å². The number of rotatable bonds is 3. The summed E-state index contributed by atoms with van der Waals surface area (Å²) in [6, 6.07) is 10.3. The van der Waals surface area contributed by atoms with Gasteiger partial charge in [0.25, 0.3) is 5.91 Å². The van der Waals surface area contributed by atoms with E-state index in [1.807, 2.05) is 18.2 Å². The highest BCUT2D eigenvalue weighted by atomic mass is 16.3. The highest BCUT2D eigenvalue weighted by Gasteiger charge is 2.23. The second kappa shape index (κ2) is 5.98. The van der Waals surface area contributed by atoms with Crippen LogP contribution in [-0.4, -0.2) is 53.1 Å². The minimum absolute atomic E-state index is 0.158. The van der Waals surface area contributed by atoms with E-state index in [-0.39, 0.29) is 5.91 Å².